The van der Waals surface area contributed by atoms with Crippen LogP contribution < -0.4 is 5.32 Å². The van der Waals surface area contributed by atoms with Gasteiger partial charge in [-0.3, -0.25) is 9.59 Å². The summed E-state index contributed by atoms with van der Waals surface area (Å²) in [5.41, 5.74) is 4.73. The lowest BCUT2D eigenvalue weighted by Crippen LogP contribution is -2.35. The maximum atomic E-state index is 12.4. The fraction of sp³-hybridized carbons (Fsp3) is 0.464. The molecule has 1 unspecified atom stereocenters. The van der Waals surface area contributed by atoms with E-state index in [0.717, 1.165) is 6.42 Å². The molecule has 2 aromatic carbocycles. The number of nitrogens with one attached hydrogen (secondary N) is 1. The molecule has 0 saturated carbocycles. The molecule has 188 valence electrons. The predicted octanol–water partition coefficient (Wildman–Crippen LogP) is 4.90. The SMILES string of the molecule is CCN(CC(=O)O)C(=O)CCC(CCNC(=O)OCC1c2ccccc2-c2ccccc21)C(C)C. The van der Waals surface area contributed by atoms with Crippen LogP contribution in [0.2, 0.25) is 0 Å². The van der Waals surface area contributed by atoms with Gasteiger partial charge in [0.15, 0.2) is 0 Å². The summed E-state index contributed by atoms with van der Waals surface area (Å²) in [6.07, 6.45) is 1.23. The number of fused-ring (bicyclic) bond motifs is 3. The largest absolute Gasteiger partial charge is 0.480 e. The molecule has 0 aromatic heterocycles. The summed E-state index contributed by atoms with van der Waals surface area (Å²) in [5.74, 6) is -0.564. The molecule has 0 heterocycles. The van der Waals surface area contributed by atoms with Crippen molar-refractivity contribution in [3.63, 3.8) is 0 Å². The number of benzene rings is 2. The Kier molecular flexibility index (Phi) is 9.29. The number of alkyl carbamates (subject to hydrolysis) is 1. The average molecular weight is 481 g/mol. The van der Waals surface area contributed by atoms with Crippen LogP contribution in [0.1, 0.15) is 57.1 Å². The summed E-state index contributed by atoms with van der Waals surface area (Å²) in [7, 11) is 0. The number of amides is 2. The third-order valence-electron chi connectivity index (χ3n) is 6.86. The number of carbonyl (C=O) groups is 3. The molecule has 2 amide bonds. The minimum Gasteiger partial charge on any atom is -0.480 e. The summed E-state index contributed by atoms with van der Waals surface area (Å²) in [6, 6.07) is 16.5. The van der Waals surface area contributed by atoms with Crippen molar-refractivity contribution >= 4 is 18.0 Å². The Morgan fingerprint density at radius 1 is 1.00 bits per heavy atom. The zero-order valence-electron chi connectivity index (χ0n) is 20.8. The molecule has 7 heteroatoms. The van der Waals surface area contributed by atoms with Crippen LogP contribution in [0.15, 0.2) is 48.5 Å². The molecule has 0 fully saturated rings. The minimum absolute atomic E-state index is 0.0230. The van der Waals surface area contributed by atoms with Gasteiger partial charge in [-0.05, 0) is 53.9 Å². The van der Waals surface area contributed by atoms with Crippen molar-refractivity contribution in [2.45, 2.75) is 46.0 Å². The Morgan fingerprint density at radius 3 is 2.14 bits per heavy atom. The number of carboxylic acid groups (broad SMARTS) is 1. The maximum Gasteiger partial charge on any atom is 0.407 e. The molecule has 0 bridgehead atoms. The van der Waals surface area contributed by atoms with E-state index in [0.29, 0.717) is 31.8 Å². The first-order chi connectivity index (χ1) is 16.8. The van der Waals surface area contributed by atoms with Crippen LogP contribution in [0.3, 0.4) is 0 Å². The normalized spacial score (nSPS) is 13.1. The molecular weight excluding hydrogens is 444 g/mol. The number of ether oxygens (including phenoxy) is 1. The van der Waals surface area contributed by atoms with Crippen molar-refractivity contribution in [2.75, 3.05) is 26.2 Å². The quantitative estimate of drug-likeness (QED) is 0.450. The Labute approximate surface area is 207 Å². The number of nitrogens with zero attached hydrogens (tertiary/aromatic N) is 1. The highest BCUT2D eigenvalue weighted by Gasteiger charge is 2.29. The van der Waals surface area contributed by atoms with Crippen LogP contribution in [0.4, 0.5) is 4.79 Å². The Morgan fingerprint density at radius 2 is 1.60 bits per heavy atom. The first-order valence-electron chi connectivity index (χ1n) is 12.4. The minimum atomic E-state index is -1.01. The molecule has 1 aliphatic carbocycles. The standard InChI is InChI=1S/C28H36N2O5/c1-4-30(17-27(32)33)26(31)14-13-20(19(2)3)15-16-29-28(34)35-18-25-23-11-7-5-9-21(23)22-10-6-8-12-24(22)25/h5-12,19-20,25H,4,13-18H2,1-3H3,(H,29,34)(H,32,33). The second-order valence-electron chi connectivity index (χ2n) is 9.39. The zero-order chi connectivity index (χ0) is 25.4. The third-order valence-corrected chi connectivity index (χ3v) is 6.86. The Balaban J connectivity index is 1.46. The summed E-state index contributed by atoms with van der Waals surface area (Å²) < 4.78 is 5.60. The number of hydrogen-bond acceptors (Lipinski definition) is 4. The average Bonchev–Trinajstić information content (AvgIpc) is 3.16. The molecule has 35 heavy (non-hydrogen) atoms. The molecule has 2 N–H and O–H groups in total. The molecule has 2 aromatic rings. The molecular formula is C28H36N2O5. The monoisotopic (exact) mass is 480 g/mol. The highest BCUT2D eigenvalue weighted by Crippen LogP contribution is 2.44. The fourth-order valence-electron chi connectivity index (χ4n) is 4.83. The van der Waals surface area contributed by atoms with Crippen molar-refractivity contribution < 1.29 is 24.2 Å². The fourth-order valence-corrected chi connectivity index (χ4v) is 4.83. The first kappa shape index (κ1) is 26.3. The zero-order valence-corrected chi connectivity index (χ0v) is 20.8. The van der Waals surface area contributed by atoms with Crippen LogP contribution >= 0.6 is 0 Å². The van der Waals surface area contributed by atoms with Gasteiger partial charge in [-0.1, -0.05) is 62.4 Å². The summed E-state index contributed by atoms with van der Waals surface area (Å²) in [4.78, 5) is 37.1. The van der Waals surface area contributed by atoms with E-state index < -0.39 is 12.1 Å². The number of aliphatic carboxylic acids is 1. The van der Waals surface area contributed by atoms with Crippen molar-refractivity contribution in [2.24, 2.45) is 11.8 Å². The molecule has 3 rings (SSSR count). The van der Waals surface area contributed by atoms with Crippen molar-refractivity contribution in [1.82, 2.24) is 10.2 Å². The van der Waals surface area contributed by atoms with E-state index in [1.54, 1.807) is 6.92 Å². The lowest BCUT2D eigenvalue weighted by atomic mass is 9.88. The van der Waals surface area contributed by atoms with Gasteiger partial charge in [0.1, 0.15) is 13.2 Å². The van der Waals surface area contributed by atoms with E-state index in [2.05, 4.69) is 43.4 Å². The summed E-state index contributed by atoms with van der Waals surface area (Å²) in [6.45, 7) is 6.80. The van der Waals surface area contributed by atoms with Crippen molar-refractivity contribution in [3.05, 3.63) is 59.7 Å². The van der Waals surface area contributed by atoms with E-state index in [1.165, 1.54) is 27.2 Å². The lowest BCUT2D eigenvalue weighted by Gasteiger charge is -2.23. The van der Waals surface area contributed by atoms with Gasteiger partial charge in [0, 0.05) is 25.4 Å². The van der Waals surface area contributed by atoms with Crippen LogP contribution in [0, 0.1) is 11.8 Å². The number of carbonyl (C=O) groups excluding carboxylic acids is 2. The highest BCUT2D eigenvalue weighted by atomic mass is 16.5. The van der Waals surface area contributed by atoms with Crippen molar-refractivity contribution in [3.8, 4) is 11.1 Å². The van der Waals surface area contributed by atoms with E-state index in [1.807, 2.05) is 24.3 Å². The number of hydrogen-bond donors (Lipinski definition) is 2. The first-order valence-corrected chi connectivity index (χ1v) is 12.4. The molecule has 0 saturated heterocycles. The van der Waals surface area contributed by atoms with Gasteiger partial charge in [-0.2, -0.15) is 0 Å². The third kappa shape index (κ3) is 6.84. The van der Waals surface area contributed by atoms with Crippen LogP contribution in [0.25, 0.3) is 11.1 Å². The summed E-state index contributed by atoms with van der Waals surface area (Å²) in [5, 5.41) is 11.8. The van der Waals surface area contributed by atoms with Gasteiger partial charge < -0.3 is 20.1 Å². The Bertz CT molecular complexity index is 990. The highest BCUT2D eigenvalue weighted by molar-refractivity contribution is 5.81. The van der Waals surface area contributed by atoms with Gasteiger partial charge in [0.25, 0.3) is 0 Å². The Hall–Kier alpha value is -3.35. The second-order valence-corrected chi connectivity index (χ2v) is 9.39. The molecule has 0 radical (unpaired) electrons. The molecule has 7 nitrogen and oxygen atoms in total. The van der Waals surface area contributed by atoms with Gasteiger partial charge in [-0.15, -0.1) is 0 Å². The topological polar surface area (TPSA) is 95.9 Å². The van der Waals surface area contributed by atoms with E-state index in [4.69, 9.17) is 9.84 Å². The van der Waals surface area contributed by atoms with Crippen LogP contribution in [0.5, 0.6) is 0 Å². The van der Waals surface area contributed by atoms with Gasteiger partial charge in [-0.25, -0.2) is 4.79 Å². The van der Waals surface area contributed by atoms with Gasteiger partial charge >= 0.3 is 12.1 Å². The number of likely N-dealkylation sites (N-methyl/N-ethyl adjacent to an activating group) is 1. The second kappa shape index (κ2) is 12.4. The molecule has 1 aliphatic rings. The van der Waals surface area contributed by atoms with Crippen LogP contribution in [-0.2, 0) is 14.3 Å². The van der Waals surface area contributed by atoms with E-state index in [9.17, 15) is 14.4 Å². The molecule has 1 atom stereocenters. The van der Waals surface area contributed by atoms with E-state index >= 15 is 0 Å². The van der Waals surface area contributed by atoms with Gasteiger partial charge in [0.05, 0.1) is 0 Å². The number of rotatable bonds is 12. The van der Waals surface area contributed by atoms with Gasteiger partial charge in [0.2, 0.25) is 5.91 Å². The van der Waals surface area contributed by atoms with Crippen molar-refractivity contribution in [1.29, 1.82) is 0 Å². The van der Waals surface area contributed by atoms with E-state index in [-0.39, 0.29) is 30.9 Å². The smallest absolute Gasteiger partial charge is 0.407 e. The summed E-state index contributed by atoms with van der Waals surface area (Å²) >= 11 is 0. The van der Waals surface area contributed by atoms with Crippen LogP contribution in [-0.4, -0.2) is 54.2 Å². The molecule has 0 spiro atoms. The lowest BCUT2D eigenvalue weighted by molar-refractivity contribution is -0.144. The predicted molar refractivity (Wildman–Crippen MR) is 135 cm³/mol. The number of carboxylic acids is 1. The maximum absolute atomic E-state index is 12.4. The molecule has 0 aliphatic heterocycles.